The average Bonchev–Trinajstić information content (AvgIpc) is 3.19. The van der Waals surface area contributed by atoms with E-state index in [9.17, 15) is 4.79 Å². The number of pyridine rings is 1. The lowest BCUT2D eigenvalue weighted by Crippen LogP contribution is -2.27. The van der Waals surface area contributed by atoms with Crippen molar-refractivity contribution in [2.45, 2.75) is 31.8 Å². The van der Waals surface area contributed by atoms with Crippen LogP contribution in [0.2, 0.25) is 0 Å². The maximum absolute atomic E-state index is 12.1. The van der Waals surface area contributed by atoms with Crippen molar-refractivity contribution in [3.8, 4) is 0 Å². The van der Waals surface area contributed by atoms with Crippen molar-refractivity contribution in [3.63, 3.8) is 0 Å². The van der Waals surface area contributed by atoms with Gasteiger partial charge in [-0.1, -0.05) is 5.16 Å². The summed E-state index contributed by atoms with van der Waals surface area (Å²) in [6, 6.07) is 3.63. The highest BCUT2D eigenvalue weighted by Gasteiger charge is 2.24. The fourth-order valence-corrected chi connectivity index (χ4v) is 2.36. The van der Waals surface area contributed by atoms with Crippen molar-refractivity contribution in [1.82, 2.24) is 25.8 Å². The summed E-state index contributed by atoms with van der Waals surface area (Å²) < 4.78 is 5.16. The van der Waals surface area contributed by atoms with Crippen LogP contribution in [0, 0.1) is 0 Å². The van der Waals surface area contributed by atoms with Gasteiger partial charge in [-0.2, -0.15) is 4.98 Å². The lowest BCUT2D eigenvalue weighted by atomic mass is 10.1. The first-order valence-corrected chi connectivity index (χ1v) is 7.02. The number of carbonyl (C=O) groups excluding carboxylic acids is 1. The molecule has 21 heavy (non-hydrogen) atoms. The van der Waals surface area contributed by atoms with Crippen molar-refractivity contribution in [1.29, 1.82) is 0 Å². The van der Waals surface area contributed by atoms with Gasteiger partial charge in [-0.25, -0.2) is 0 Å². The Labute approximate surface area is 122 Å². The van der Waals surface area contributed by atoms with E-state index in [-0.39, 0.29) is 23.8 Å². The molecule has 1 aliphatic rings. The van der Waals surface area contributed by atoms with E-state index in [2.05, 4.69) is 25.8 Å². The number of hydrogen-bond donors (Lipinski definition) is 2. The smallest absolute Gasteiger partial charge is 0.293 e. The Balaban J connectivity index is 1.65. The van der Waals surface area contributed by atoms with Crippen LogP contribution in [0.1, 0.15) is 53.9 Å². The number of aromatic nitrogens is 3. The van der Waals surface area contributed by atoms with E-state index in [0.29, 0.717) is 5.89 Å². The van der Waals surface area contributed by atoms with Crippen LogP contribution in [-0.2, 0) is 0 Å². The molecule has 0 aliphatic carbocycles. The number of carbonyl (C=O) groups is 1. The van der Waals surface area contributed by atoms with Crippen LogP contribution in [0.5, 0.6) is 0 Å². The quantitative estimate of drug-likeness (QED) is 0.882. The molecule has 2 N–H and O–H groups in total. The maximum Gasteiger partial charge on any atom is 0.293 e. The van der Waals surface area contributed by atoms with Gasteiger partial charge in [-0.15, -0.1) is 0 Å². The Morgan fingerprint density at radius 2 is 2.29 bits per heavy atom. The Hall–Kier alpha value is -2.28. The number of nitrogens with one attached hydrogen (secondary N) is 2. The summed E-state index contributed by atoms with van der Waals surface area (Å²) in [6.45, 7) is 2.83. The molecule has 1 amide bonds. The molecule has 0 saturated carbocycles. The van der Waals surface area contributed by atoms with Gasteiger partial charge in [-0.3, -0.25) is 9.78 Å². The molecule has 2 atom stereocenters. The Morgan fingerprint density at radius 1 is 1.48 bits per heavy atom. The van der Waals surface area contributed by atoms with Gasteiger partial charge in [0, 0.05) is 12.4 Å². The third kappa shape index (κ3) is 3.08. The van der Waals surface area contributed by atoms with Gasteiger partial charge >= 0.3 is 0 Å². The molecule has 0 spiro atoms. The van der Waals surface area contributed by atoms with Crippen LogP contribution in [0.4, 0.5) is 0 Å². The minimum absolute atomic E-state index is 0.0664. The second-order valence-electron chi connectivity index (χ2n) is 5.08. The zero-order chi connectivity index (χ0) is 14.7. The van der Waals surface area contributed by atoms with E-state index >= 15 is 0 Å². The highest BCUT2D eigenvalue weighted by Crippen LogP contribution is 2.21. The molecule has 7 heteroatoms. The van der Waals surface area contributed by atoms with Crippen LogP contribution in [-0.4, -0.2) is 27.6 Å². The first-order chi connectivity index (χ1) is 10.2. The molecule has 3 heterocycles. The van der Waals surface area contributed by atoms with Crippen molar-refractivity contribution < 1.29 is 9.32 Å². The minimum atomic E-state index is -0.340. The fourth-order valence-electron chi connectivity index (χ4n) is 2.36. The number of hydrogen-bond acceptors (Lipinski definition) is 6. The lowest BCUT2D eigenvalue weighted by Gasteiger charge is -2.12. The van der Waals surface area contributed by atoms with E-state index in [1.807, 2.05) is 19.1 Å². The molecule has 1 aliphatic heterocycles. The van der Waals surface area contributed by atoms with Crippen LogP contribution in [0.3, 0.4) is 0 Å². The highest BCUT2D eigenvalue weighted by molar-refractivity contribution is 5.90. The number of amides is 1. The molecule has 1 saturated heterocycles. The normalized spacial score (nSPS) is 19.4. The molecule has 0 radical (unpaired) electrons. The molecule has 1 fully saturated rings. The molecular weight excluding hydrogens is 270 g/mol. The lowest BCUT2D eigenvalue weighted by molar-refractivity contribution is 0.0926. The zero-order valence-corrected chi connectivity index (χ0v) is 11.7. The van der Waals surface area contributed by atoms with Gasteiger partial charge in [-0.05, 0) is 44.0 Å². The molecule has 3 rings (SSSR count). The van der Waals surface area contributed by atoms with E-state index in [0.717, 1.165) is 24.9 Å². The summed E-state index contributed by atoms with van der Waals surface area (Å²) >= 11 is 0. The Bertz CT molecular complexity index is 607. The molecule has 0 aromatic carbocycles. The van der Waals surface area contributed by atoms with Crippen molar-refractivity contribution in [2.24, 2.45) is 0 Å². The standard InChI is InChI=1S/C14H17N5O2/c1-9(10-4-7-15-8-5-10)17-13(20)12-18-14(21-19-12)11-3-2-6-16-11/h4-5,7-9,11,16H,2-3,6H2,1H3,(H,17,20). The molecule has 0 bridgehead atoms. The van der Waals surface area contributed by atoms with Gasteiger partial charge in [0.05, 0.1) is 12.1 Å². The molecule has 2 aromatic rings. The second-order valence-corrected chi connectivity index (χ2v) is 5.08. The summed E-state index contributed by atoms with van der Waals surface area (Å²) in [5, 5.41) is 9.86. The number of rotatable bonds is 4. The largest absolute Gasteiger partial charge is 0.343 e. The van der Waals surface area contributed by atoms with Gasteiger partial charge in [0.15, 0.2) is 0 Å². The van der Waals surface area contributed by atoms with E-state index in [1.54, 1.807) is 12.4 Å². The minimum Gasteiger partial charge on any atom is -0.343 e. The highest BCUT2D eigenvalue weighted by atomic mass is 16.5. The zero-order valence-electron chi connectivity index (χ0n) is 11.7. The molecule has 2 unspecified atom stereocenters. The third-order valence-corrected chi connectivity index (χ3v) is 3.56. The van der Waals surface area contributed by atoms with Crippen molar-refractivity contribution >= 4 is 5.91 Å². The van der Waals surface area contributed by atoms with E-state index in [4.69, 9.17) is 4.52 Å². The van der Waals surface area contributed by atoms with Crippen LogP contribution in [0.25, 0.3) is 0 Å². The van der Waals surface area contributed by atoms with Crippen LogP contribution >= 0.6 is 0 Å². The predicted octanol–water partition coefficient (Wildman–Crippen LogP) is 1.38. The summed E-state index contributed by atoms with van der Waals surface area (Å²) in [5.41, 5.74) is 0.972. The first-order valence-electron chi connectivity index (χ1n) is 7.02. The summed E-state index contributed by atoms with van der Waals surface area (Å²) in [6.07, 6.45) is 5.41. The maximum atomic E-state index is 12.1. The summed E-state index contributed by atoms with van der Waals surface area (Å²) in [5.74, 6) is 0.209. The van der Waals surface area contributed by atoms with Gasteiger partial charge in [0.1, 0.15) is 0 Å². The monoisotopic (exact) mass is 287 g/mol. The van der Waals surface area contributed by atoms with Crippen LogP contribution < -0.4 is 10.6 Å². The summed E-state index contributed by atoms with van der Waals surface area (Å²) in [4.78, 5) is 20.3. The third-order valence-electron chi connectivity index (χ3n) is 3.56. The molecule has 2 aromatic heterocycles. The topological polar surface area (TPSA) is 92.9 Å². The van der Waals surface area contributed by atoms with Gasteiger partial charge in [0.2, 0.25) is 5.89 Å². The average molecular weight is 287 g/mol. The number of nitrogens with zero attached hydrogens (tertiary/aromatic N) is 3. The Morgan fingerprint density at radius 3 is 3.00 bits per heavy atom. The van der Waals surface area contributed by atoms with E-state index < -0.39 is 0 Å². The predicted molar refractivity (Wildman–Crippen MR) is 74.4 cm³/mol. The Kier molecular flexibility index (Phi) is 3.92. The first kappa shape index (κ1) is 13.7. The van der Waals surface area contributed by atoms with Crippen molar-refractivity contribution in [2.75, 3.05) is 6.54 Å². The fraction of sp³-hybridized carbons (Fsp3) is 0.429. The molecule has 110 valence electrons. The van der Waals surface area contributed by atoms with E-state index in [1.165, 1.54) is 0 Å². The summed E-state index contributed by atoms with van der Waals surface area (Å²) in [7, 11) is 0. The molecule has 7 nitrogen and oxygen atoms in total. The molecular formula is C14H17N5O2. The van der Waals surface area contributed by atoms with Gasteiger partial charge < -0.3 is 15.2 Å². The second kappa shape index (κ2) is 6.01. The SMILES string of the molecule is CC(NC(=O)c1noc(C2CCCN2)n1)c1ccncc1. The van der Waals surface area contributed by atoms with Crippen molar-refractivity contribution in [3.05, 3.63) is 41.8 Å². The van der Waals surface area contributed by atoms with Crippen LogP contribution in [0.15, 0.2) is 29.0 Å². The van der Waals surface area contributed by atoms with Gasteiger partial charge in [0.25, 0.3) is 11.7 Å².